The predicted octanol–water partition coefficient (Wildman–Crippen LogP) is 4.35. The van der Waals surface area contributed by atoms with Crippen molar-refractivity contribution in [1.82, 2.24) is 0 Å². The molecule has 2 aliphatic carbocycles. The molecule has 1 aliphatic heterocycles. The van der Waals surface area contributed by atoms with Crippen molar-refractivity contribution in [3.05, 3.63) is 0 Å². The summed E-state index contributed by atoms with van der Waals surface area (Å²) in [5.74, 6) is 0.741. The highest BCUT2D eigenvalue weighted by molar-refractivity contribution is 6.74. The van der Waals surface area contributed by atoms with Gasteiger partial charge in [0.15, 0.2) is 8.32 Å². The van der Waals surface area contributed by atoms with Gasteiger partial charge in [-0.05, 0) is 48.7 Å². The lowest BCUT2D eigenvalue weighted by atomic mass is 9.68. The zero-order chi connectivity index (χ0) is 14.1. The van der Waals surface area contributed by atoms with Gasteiger partial charge in [0.1, 0.15) is 6.10 Å². The SMILES string of the molecule is CC(C)(C)[Si](C)(C)O[C@H]1[C@@H]2O[C@@H]2C[C@]2(C)CCC[C@@H]12. The molecular weight excluding hydrogens is 252 g/mol. The lowest BCUT2D eigenvalue weighted by molar-refractivity contribution is 0.0231. The van der Waals surface area contributed by atoms with Gasteiger partial charge in [0.05, 0.1) is 12.2 Å². The molecule has 5 atom stereocenters. The quantitative estimate of drug-likeness (QED) is 0.554. The molecule has 0 aromatic heterocycles. The van der Waals surface area contributed by atoms with Gasteiger partial charge in [-0.2, -0.15) is 0 Å². The van der Waals surface area contributed by atoms with Crippen LogP contribution in [0.25, 0.3) is 0 Å². The molecule has 0 spiro atoms. The van der Waals surface area contributed by atoms with Gasteiger partial charge in [-0.25, -0.2) is 0 Å². The first-order valence-corrected chi connectivity index (χ1v) is 10.9. The summed E-state index contributed by atoms with van der Waals surface area (Å²) in [6.07, 6.45) is 6.70. The molecule has 0 radical (unpaired) electrons. The van der Waals surface area contributed by atoms with Crippen LogP contribution < -0.4 is 0 Å². The van der Waals surface area contributed by atoms with Crippen molar-refractivity contribution in [2.24, 2.45) is 11.3 Å². The van der Waals surface area contributed by atoms with Gasteiger partial charge >= 0.3 is 0 Å². The van der Waals surface area contributed by atoms with Gasteiger partial charge in [-0.1, -0.05) is 34.1 Å². The average molecular weight is 282 g/mol. The van der Waals surface area contributed by atoms with Crippen LogP contribution in [0.5, 0.6) is 0 Å². The minimum atomic E-state index is -1.68. The summed E-state index contributed by atoms with van der Waals surface area (Å²) in [7, 11) is -1.68. The highest BCUT2D eigenvalue weighted by Gasteiger charge is 2.62. The molecule has 3 rings (SSSR count). The zero-order valence-electron chi connectivity index (χ0n) is 13.5. The summed E-state index contributed by atoms with van der Waals surface area (Å²) in [4.78, 5) is 0. The highest BCUT2D eigenvalue weighted by Crippen LogP contribution is 2.59. The Kier molecular flexibility index (Phi) is 3.02. The van der Waals surface area contributed by atoms with E-state index in [1.165, 1.54) is 25.7 Å². The Hall–Kier alpha value is 0.137. The third-order valence-corrected chi connectivity index (χ3v) is 10.9. The van der Waals surface area contributed by atoms with Crippen molar-refractivity contribution in [3.8, 4) is 0 Å². The van der Waals surface area contributed by atoms with Crippen LogP contribution in [0.1, 0.15) is 53.4 Å². The Labute approximate surface area is 119 Å². The fraction of sp³-hybridized carbons (Fsp3) is 1.00. The Morgan fingerprint density at radius 2 is 1.95 bits per heavy atom. The first-order chi connectivity index (χ1) is 8.64. The van der Waals surface area contributed by atoms with E-state index in [1.807, 2.05) is 0 Å². The van der Waals surface area contributed by atoms with Crippen molar-refractivity contribution < 1.29 is 9.16 Å². The second-order valence-corrected chi connectivity index (χ2v) is 13.6. The number of fused-ring (bicyclic) bond motifs is 2. The second kappa shape index (κ2) is 4.08. The maximum atomic E-state index is 6.79. The molecule has 0 N–H and O–H groups in total. The summed E-state index contributed by atoms with van der Waals surface area (Å²) in [6.45, 7) is 14.2. The van der Waals surface area contributed by atoms with Crippen LogP contribution in [-0.4, -0.2) is 26.6 Å². The van der Waals surface area contributed by atoms with Crippen LogP contribution in [0.15, 0.2) is 0 Å². The normalized spacial score (nSPS) is 45.8. The minimum absolute atomic E-state index is 0.295. The molecule has 3 aliphatic rings. The lowest BCUT2D eigenvalue weighted by Crippen LogP contribution is -2.51. The van der Waals surface area contributed by atoms with E-state index in [0.717, 1.165) is 5.92 Å². The maximum absolute atomic E-state index is 6.79. The minimum Gasteiger partial charge on any atom is -0.411 e. The molecule has 0 aromatic rings. The highest BCUT2D eigenvalue weighted by atomic mass is 28.4. The number of epoxide rings is 1. The number of hydrogen-bond donors (Lipinski definition) is 0. The summed E-state index contributed by atoms with van der Waals surface area (Å²) in [6, 6.07) is 0. The van der Waals surface area contributed by atoms with E-state index in [4.69, 9.17) is 9.16 Å². The molecule has 2 saturated carbocycles. The fourth-order valence-corrected chi connectivity index (χ4v) is 5.37. The largest absolute Gasteiger partial charge is 0.411 e. The lowest BCUT2D eigenvalue weighted by Gasteiger charge is -2.45. The summed E-state index contributed by atoms with van der Waals surface area (Å²) < 4.78 is 12.7. The van der Waals surface area contributed by atoms with Gasteiger partial charge < -0.3 is 9.16 Å². The Balaban J connectivity index is 1.80. The molecule has 110 valence electrons. The first-order valence-electron chi connectivity index (χ1n) is 7.97. The molecule has 0 unspecified atom stereocenters. The van der Waals surface area contributed by atoms with Crippen molar-refractivity contribution >= 4 is 8.32 Å². The van der Waals surface area contributed by atoms with Gasteiger partial charge in [0.25, 0.3) is 0 Å². The van der Waals surface area contributed by atoms with E-state index >= 15 is 0 Å². The van der Waals surface area contributed by atoms with Crippen LogP contribution >= 0.6 is 0 Å². The van der Waals surface area contributed by atoms with Crippen molar-refractivity contribution in [3.63, 3.8) is 0 Å². The molecule has 0 amide bonds. The Morgan fingerprint density at radius 1 is 1.26 bits per heavy atom. The van der Waals surface area contributed by atoms with Gasteiger partial charge in [0, 0.05) is 0 Å². The fourth-order valence-electron chi connectivity index (χ4n) is 4.04. The Bertz CT molecular complexity index is 373. The smallest absolute Gasteiger partial charge is 0.192 e. The molecule has 3 fully saturated rings. The number of ether oxygens (including phenoxy) is 1. The monoisotopic (exact) mass is 282 g/mol. The van der Waals surface area contributed by atoms with Crippen LogP contribution in [-0.2, 0) is 9.16 Å². The zero-order valence-corrected chi connectivity index (χ0v) is 14.5. The Morgan fingerprint density at radius 3 is 2.58 bits per heavy atom. The third kappa shape index (κ3) is 2.22. The molecule has 0 bridgehead atoms. The predicted molar refractivity (Wildman–Crippen MR) is 80.8 cm³/mol. The summed E-state index contributed by atoms with van der Waals surface area (Å²) in [5.41, 5.74) is 0.491. The molecule has 0 aromatic carbocycles. The van der Waals surface area contributed by atoms with Crippen molar-refractivity contribution in [2.75, 3.05) is 0 Å². The van der Waals surface area contributed by atoms with E-state index in [-0.39, 0.29) is 0 Å². The van der Waals surface area contributed by atoms with Crippen LogP contribution in [0.2, 0.25) is 18.1 Å². The first kappa shape index (κ1) is 14.1. The average Bonchev–Trinajstić information content (AvgIpc) is 2.88. The van der Waals surface area contributed by atoms with E-state index in [1.54, 1.807) is 0 Å². The van der Waals surface area contributed by atoms with Crippen molar-refractivity contribution in [1.29, 1.82) is 0 Å². The number of hydrogen-bond acceptors (Lipinski definition) is 2. The topological polar surface area (TPSA) is 21.8 Å². The van der Waals surface area contributed by atoms with Gasteiger partial charge in [0.2, 0.25) is 0 Å². The van der Waals surface area contributed by atoms with E-state index in [9.17, 15) is 0 Å². The van der Waals surface area contributed by atoms with Crippen LogP contribution in [0.3, 0.4) is 0 Å². The number of rotatable bonds is 2. The maximum Gasteiger partial charge on any atom is 0.192 e. The van der Waals surface area contributed by atoms with E-state index in [0.29, 0.717) is 28.8 Å². The van der Waals surface area contributed by atoms with Crippen molar-refractivity contribution in [2.45, 2.75) is 89.8 Å². The molecule has 1 saturated heterocycles. The van der Waals surface area contributed by atoms with Crippen LogP contribution in [0.4, 0.5) is 0 Å². The third-order valence-electron chi connectivity index (χ3n) is 6.40. The summed E-state index contributed by atoms with van der Waals surface area (Å²) >= 11 is 0. The molecule has 19 heavy (non-hydrogen) atoms. The molecule has 3 heteroatoms. The summed E-state index contributed by atoms with van der Waals surface area (Å²) in [5, 5.41) is 0.295. The molecule has 1 heterocycles. The van der Waals surface area contributed by atoms with Gasteiger partial charge in [-0.3, -0.25) is 0 Å². The van der Waals surface area contributed by atoms with Gasteiger partial charge in [-0.15, -0.1) is 0 Å². The van der Waals surface area contributed by atoms with E-state index < -0.39 is 8.32 Å². The standard InChI is InChI=1S/C16H30O2Si/c1-15(2,3)19(5,6)18-13-11-8-7-9-16(11,4)10-12-14(13)17-12/h11-14H,7-10H2,1-6H3/t11-,12+,13+,14+,16-/m0/s1. The second-order valence-electron chi connectivity index (χ2n) is 8.84. The molecule has 2 nitrogen and oxygen atoms in total. The van der Waals surface area contributed by atoms with E-state index in [2.05, 4.69) is 40.8 Å². The molecular formula is C16H30O2Si. The van der Waals surface area contributed by atoms with Crippen LogP contribution in [0, 0.1) is 11.3 Å².